The first-order chi connectivity index (χ1) is 7.49. The Morgan fingerprint density at radius 2 is 2.12 bits per heavy atom. The Morgan fingerprint density at radius 1 is 1.50 bits per heavy atom. The molecule has 0 aliphatic heterocycles. The van der Waals surface area contributed by atoms with Crippen molar-refractivity contribution in [2.75, 3.05) is 6.61 Å². The van der Waals surface area contributed by atoms with Crippen molar-refractivity contribution in [2.45, 2.75) is 6.92 Å². The summed E-state index contributed by atoms with van der Waals surface area (Å²) in [6.07, 6.45) is 0. The van der Waals surface area contributed by atoms with Gasteiger partial charge in [-0.15, -0.1) is 0 Å². The molecule has 3 nitrogen and oxygen atoms in total. The van der Waals surface area contributed by atoms with Gasteiger partial charge in [0.05, 0.1) is 17.2 Å². The van der Waals surface area contributed by atoms with Gasteiger partial charge in [0.2, 0.25) is 0 Å². The van der Waals surface area contributed by atoms with Crippen LogP contribution < -0.4 is 0 Å². The minimum Gasteiger partial charge on any atom is -0.460 e. The van der Waals surface area contributed by atoms with Crippen LogP contribution in [0.3, 0.4) is 0 Å². The van der Waals surface area contributed by atoms with Gasteiger partial charge >= 0.3 is 5.97 Å². The van der Waals surface area contributed by atoms with Gasteiger partial charge in [-0.2, -0.15) is 0 Å². The summed E-state index contributed by atoms with van der Waals surface area (Å²) in [5.74, 6) is -3.07. The fourth-order valence-electron chi connectivity index (χ4n) is 1.03. The van der Waals surface area contributed by atoms with Crippen LogP contribution in [0.2, 0.25) is 5.02 Å². The normalized spacial score (nSPS) is 10.0. The maximum Gasteiger partial charge on any atom is 0.379 e. The Balaban J connectivity index is 3.18. The lowest BCUT2D eigenvalue weighted by atomic mass is 10.1. The minimum absolute atomic E-state index is 0.0395. The molecule has 0 amide bonds. The van der Waals surface area contributed by atoms with Crippen molar-refractivity contribution in [3.05, 3.63) is 33.0 Å². The number of hydrogen-bond donors (Lipinski definition) is 0. The number of carbonyl (C=O) groups excluding carboxylic acids is 2. The van der Waals surface area contributed by atoms with Crippen molar-refractivity contribution in [1.29, 1.82) is 0 Å². The number of ketones is 1. The second kappa shape index (κ2) is 5.41. The molecule has 0 unspecified atom stereocenters. The Labute approximate surface area is 105 Å². The van der Waals surface area contributed by atoms with E-state index < -0.39 is 23.1 Å². The van der Waals surface area contributed by atoms with Crippen LogP contribution in [-0.4, -0.2) is 18.4 Å². The number of rotatable bonds is 3. The van der Waals surface area contributed by atoms with Crippen LogP contribution in [0.5, 0.6) is 0 Å². The van der Waals surface area contributed by atoms with Crippen molar-refractivity contribution >= 4 is 39.3 Å². The Bertz CT molecular complexity index is 448. The Hall–Kier alpha value is -0.940. The molecule has 0 saturated heterocycles. The number of halogens is 3. The topological polar surface area (TPSA) is 43.4 Å². The summed E-state index contributed by atoms with van der Waals surface area (Å²) < 4.78 is 18.2. The van der Waals surface area contributed by atoms with Gasteiger partial charge in [0.1, 0.15) is 5.82 Å². The number of Topliss-reactive ketones (excluding diaryl/α,β-unsaturated/α-hetero) is 1. The average Bonchev–Trinajstić information content (AvgIpc) is 2.24. The molecule has 1 aromatic rings. The monoisotopic (exact) mass is 308 g/mol. The third-order valence-corrected chi connectivity index (χ3v) is 3.01. The largest absolute Gasteiger partial charge is 0.460 e. The quantitative estimate of drug-likeness (QED) is 0.373. The molecule has 0 saturated carbocycles. The van der Waals surface area contributed by atoms with Crippen molar-refractivity contribution in [3.8, 4) is 0 Å². The SMILES string of the molecule is CCOC(=O)C(=O)c1c(F)ccc(Br)c1Cl. The summed E-state index contributed by atoms with van der Waals surface area (Å²) in [4.78, 5) is 22.7. The molecule has 0 aliphatic rings. The standard InChI is InChI=1S/C10H7BrClFO3/c1-2-16-10(15)9(14)7-6(13)4-3-5(11)8(7)12/h3-4H,2H2,1H3. The maximum atomic E-state index is 13.3. The zero-order valence-corrected chi connectivity index (χ0v) is 10.6. The summed E-state index contributed by atoms with van der Waals surface area (Å²) >= 11 is 8.76. The van der Waals surface area contributed by atoms with Crippen molar-refractivity contribution in [1.82, 2.24) is 0 Å². The van der Waals surface area contributed by atoms with E-state index in [9.17, 15) is 14.0 Å². The predicted molar refractivity (Wildman–Crippen MR) is 60.1 cm³/mol. The first kappa shape index (κ1) is 13.1. The third-order valence-electron chi connectivity index (χ3n) is 1.73. The van der Waals surface area contributed by atoms with Gasteiger partial charge in [-0.3, -0.25) is 4.79 Å². The lowest BCUT2D eigenvalue weighted by Gasteiger charge is -2.05. The molecule has 0 bridgehead atoms. The van der Waals surface area contributed by atoms with E-state index >= 15 is 0 Å². The maximum absolute atomic E-state index is 13.3. The zero-order valence-electron chi connectivity index (χ0n) is 8.22. The summed E-state index contributed by atoms with van der Waals surface area (Å²) in [5, 5.41) is -0.141. The molecule has 1 rings (SSSR count). The van der Waals surface area contributed by atoms with Crippen molar-refractivity contribution < 1.29 is 18.7 Å². The second-order valence-corrected chi connectivity index (χ2v) is 4.00. The van der Waals surface area contributed by atoms with E-state index in [4.69, 9.17) is 11.6 Å². The Kier molecular flexibility index (Phi) is 4.44. The zero-order chi connectivity index (χ0) is 12.3. The minimum atomic E-state index is -1.12. The van der Waals surface area contributed by atoms with E-state index in [0.717, 1.165) is 6.07 Å². The highest BCUT2D eigenvalue weighted by molar-refractivity contribution is 9.10. The molecule has 0 heterocycles. The van der Waals surface area contributed by atoms with Crippen LogP contribution in [0.25, 0.3) is 0 Å². The smallest absolute Gasteiger partial charge is 0.379 e. The number of benzene rings is 1. The highest BCUT2D eigenvalue weighted by Crippen LogP contribution is 2.28. The summed E-state index contributed by atoms with van der Waals surface area (Å²) in [6.45, 7) is 1.59. The molecule has 0 atom stereocenters. The fraction of sp³-hybridized carbons (Fsp3) is 0.200. The predicted octanol–water partition coefficient (Wildman–Crippen LogP) is 2.99. The van der Waals surface area contributed by atoms with E-state index in [1.165, 1.54) is 6.07 Å². The summed E-state index contributed by atoms with van der Waals surface area (Å²) in [6, 6.07) is 2.39. The first-order valence-corrected chi connectivity index (χ1v) is 5.51. The lowest BCUT2D eigenvalue weighted by Crippen LogP contribution is -2.19. The molecular weight excluding hydrogens is 302 g/mol. The summed E-state index contributed by atoms with van der Waals surface area (Å²) in [7, 11) is 0. The molecule has 1 aromatic carbocycles. The molecule has 0 aromatic heterocycles. The fourth-order valence-corrected chi connectivity index (χ4v) is 1.60. The van der Waals surface area contributed by atoms with Crippen molar-refractivity contribution in [3.63, 3.8) is 0 Å². The molecule has 0 radical (unpaired) electrons. The molecule has 0 N–H and O–H groups in total. The van der Waals surface area contributed by atoms with E-state index in [1.54, 1.807) is 6.92 Å². The number of hydrogen-bond acceptors (Lipinski definition) is 3. The third kappa shape index (κ3) is 2.59. The van der Waals surface area contributed by atoms with Gasteiger partial charge < -0.3 is 4.74 Å². The number of ether oxygens (including phenoxy) is 1. The van der Waals surface area contributed by atoms with Crippen LogP contribution in [0, 0.1) is 5.82 Å². The van der Waals surface area contributed by atoms with Crippen molar-refractivity contribution in [2.24, 2.45) is 0 Å². The van der Waals surface area contributed by atoms with Gasteiger partial charge in [0.25, 0.3) is 5.78 Å². The molecule has 0 spiro atoms. The van der Waals surface area contributed by atoms with E-state index in [1.807, 2.05) is 0 Å². The summed E-state index contributed by atoms with van der Waals surface area (Å²) in [5.41, 5.74) is -0.477. The lowest BCUT2D eigenvalue weighted by molar-refractivity contribution is -0.137. The molecule has 86 valence electrons. The van der Waals surface area contributed by atoms with Crippen LogP contribution >= 0.6 is 27.5 Å². The van der Waals surface area contributed by atoms with Gasteiger partial charge in [-0.25, -0.2) is 9.18 Å². The van der Waals surface area contributed by atoms with E-state index in [-0.39, 0.29) is 11.6 Å². The van der Waals surface area contributed by atoms with Crippen LogP contribution in [0.15, 0.2) is 16.6 Å². The molecule has 0 fully saturated rings. The van der Waals surface area contributed by atoms with Crippen LogP contribution in [0.4, 0.5) is 4.39 Å². The second-order valence-electron chi connectivity index (χ2n) is 2.77. The molecular formula is C10H7BrClFO3. The van der Waals surface area contributed by atoms with Gasteiger partial charge in [0.15, 0.2) is 0 Å². The van der Waals surface area contributed by atoms with Crippen LogP contribution in [0.1, 0.15) is 17.3 Å². The average molecular weight is 310 g/mol. The number of esters is 1. The molecule has 16 heavy (non-hydrogen) atoms. The van der Waals surface area contributed by atoms with Gasteiger partial charge in [-0.1, -0.05) is 11.6 Å². The molecule has 0 aliphatic carbocycles. The van der Waals surface area contributed by atoms with Gasteiger partial charge in [-0.05, 0) is 35.0 Å². The Morgan fingerprint density at radius 3 is 2.69 bits per heavy atom. The van der Waals surface area contributed by atoms with Crippen LogP contribution in [-0.2, 0) is 9.53 Å². The number of carbonyl (C=O) groups is 2. The highest BCUT2D eigenvalue weighted by Gasteiger charge is 2.25. The highest BCUT2D eigenvalue weighted by atomic mass is 79.9. The van der Waals surface area contributed by atoms with Gasteiger partial charge in [0, 0.05) is 4.47 Å². The first-order valence-electron chi connectivity index (χ1n) is 4.34. The molecule has 6 heteroatoms. The van der Waals surface area contributed by atoms with E-state index in [2.05, 4.69) is 20.7 Å². The van der Waals surface area contributed by atoms with E-state index in [0.29, 0.717) is 4.47 Å².